The number of anilines is 1. The third-order valence-electron chi connectivity index (χ3n) is 6.62. The monoisotopic (exact) mass is 499 g/mol. The lowest BCUT2D eigenvalue weighted by atomic mass is 9.95. The summed E-state index contributed by atoms with van der Waals surface area (Å²) in [6.45, 7) is 6.34. The van der Waals surface area contributed by atoms with Crippen molar-refractivity contribution in [3.8, 4) is 16.8 Å². The number of halogens is 4. The predicted octanol–water partition coefficient (Wildman–Crippen LogP) is 6.14. The van der Waals surface area contributed by atoms with Crippen LogP contribution in [0, 0.1) is 18.6 Å². The molecule has 0 saturated carbocycles. The zero-order chi connectivity index (χ0) is 26.0. The number of nitrogens with one attached hydrogen (secondary N) is 1. The van der Waals surface area contributed by atoms with E-state index >= 15 is 8.78 Å². The van der Waals surface area contributed by atoms with Crippen molar-refractivity contribution in [2.24, 2.45) is 0 Å². The van der Waals surface area contributed by atoms with E-state index in [1.54, 1.807) is 46.5 Å². The van der Waals surface area contributed by atoms with Gasteiger partial charge in [0.2, 0.25) is 5.78 Å². The molecule has 36 heavy (non-hydrogen) atoms. The standard InChI is InChI=1S/C26H25F4N5O/c1-14-32-33-24-25(2,3)31-18-13-17(27)21(22(28)23(18)35(14)24)16-7-5-8-19-15(16)10-12-34(19)11-6-9-20(36)26(4,29)30/h5,7-8,10,12-13,31H,6,9,11H2,1-4H3. The lowest BCUT2D eigenvalue weighted by Gasteiger charge is -2.34. The summed E-state index contributed by atoms with van der Waals surface area (Å²) in [6.07, 6.45) is 1.68. The van der Waals surface area contributed by atoms with E-state index in [0.29, 0.717) is 47.3 Å². The largest absolute Gasteiger partial charge is 0.371 e. The van der Waals surface area contributed by atoms with Gasteiger partial charge in [0.15, 0.2) is 11.6 Å². The summed E-state index contributed by atoms with van der Waals surface area (Å²) in [6, 6.07) is 8.13. The number of aromatic nitrogens is 4. The van der Waals surface area contributed by atoms with Crippen molar-refractivity contribution in [1.82, 2.24) is 19.3 Å². The van der Waals surface area contributed by atoms with Crippen molar-refractivity contribution in [1.29, 1.82) is 0 Å². The van der Waals surface area contributed by atoms with Crippen LogP contribution < -0.4 is 5.32 Å². The minimum Gasteiger partial charge on any atom is -0.371 e. The lowest BCUT2D eigenvalue weighted by molar-refractivity contribution is -0.140. The molecule has 0 fully saturated rings. The number of hydrogen-bond donors (Lipinski definition) is 1. The predicted molar refractivity (Wildman–Crippen MR) is 128 cm³/mol. The van der Waals surface area contributed by atoms with Gasteiger partial charge in [-0.3, -0.25) is 9.36 Å². The van der Waals surface area contributed by atoms with Crippen LogP contribution in [-0.2, 0) is 16.9 Å². The van der Waals surface area contributed by atoms with Gasteiger partial charge in [-0.2, -0.15) is 8.78 Å². The molecule has 1 aliphatic rings. The topological polar surface area (TPSA) is 64.7 Å². The van der Waals surface area contributed by atoms with Crippen LogP contribution in [0.25, 0.3) is 27.7 Å². The van der Waals surface area contributed by atoms with Gasteiger partial charge < -0.3 is 9.88 Å². The van der Waals surface area contributed by atoms with E-state index in [-0.39, 0.29) is 24.1 Å². The van der Waals surface area contributed by atoms with Crippen LogP contribution >= 0.6 is 0 Å². The van der Waals surface area contributed by atoms with Gasteiger partial charge in [0.1, 0.15) is 17.3 Å². The number of hydrogen-bond acceptors (Lipinski definition) is 4. The number of benzene rings is 2. The zero-order valence-corrected chi connectivity index (χ0v) is 20.3. The first kappa shape index (κ1) is 24.0. The van der Waals surface area contributed by atoms with E-state index in [1.807, 2.05) is 13.8 Å². The average Bonchev–Trinajstić information content (AvgIpc) is 3.37. The van der Waals surface area contributed by atoms with Gasteiger partial charge in [-0.05, 0) is 44.9 Å². The first-order valence-corrected chi connectivity index (χ1v) is 11.6. The summed E-state index contributed by atoms with van der Waals surface area (Å²) in [4.78, 5) is 11.6. The highest BCUT2D eigenvalue weighted by Gasteiger charge is 2.37. The van der Waals surface area contributed by atoms with E-state index in [2.05, 4.69) is 15.5 Å². The van der Waals surface area contributed by atoms with Crippen molar-refractivity contribution < 1.29 is 22.4 Å². The molecule has 5 rings (SSSR count). The number of rotatable bonds is 6. The molecule has 2 aromatic heterocycles. The van der Waals surface area contributed by atoms with Crippen molar-refractivity contribution in [3.05, 3.63) is 59.8 Å². The van der Waals surface area contributed by atoms with Crippen LogP contribution in [0.15, 0.2) is 36.5 Å². The summed E-state index contributed by atoms with van der Waals surface area (Å²) in [5, 5.41) is 12.1. The quantitative estimate of drug-likeness (QED) is 0.324. The Kier molecular flexibility index (Phi) is 5.46. The number of fused-ring (bicyclic) bond motifs is 4. The van der Waals surface area contributed by atoms with Gasteiger partial charge in [0, 0.05) is 43.1 Å². The Morgan fingerprint density at radius 3 is 2.64 bits per heavy atom. The zero-order valence-electron chi connectivity index (χ0n) is 20.3. The lowest BCUT2D eigenvalue weighted by Crippen LogP contribution is -2.36. The fourth-order valence-corrected chi connectivity index (χ4v) is 4.86. The summed E-state index contributed by atoms with van der Waals surface area (Å²) in [5.74, 6) is -4.94. The number of alkyl halides is 2. The summed E-state index contributed by atoms with van der Waals surface area (Å²) < 4.78 is 61.4. The second kappa shape index (κ2) is 8.18. The maximum absolute atomic E-state index is 16.2. The maximum atomic E-state index is 16.2. The molecule has 6 nitrogen and oxygen atoms in total. The molecule has 0 spiro atoms. The Morgan fingerprint density at radius 1 is 1.17 bits per heavy atom. The van der Waals surface area contributed by atoms with Gasteiger partial charge >= 0.3 is 5.92 Å². The smallest absolute Gasteiger partial charge is 0.302 e. The van der Waals surface area contributed by atoms with Gasteiger partial charge in [0.05, 0.1) is 16.8 Å². The molecular weight excluding hydrogens is 474 g/mol. The van der Waals surface area contributed by atoms with E-state index < -0.39 is 28.9 Å². The van der Waals surface area contributed by atoms with Gasteiger partial charge in [-0.1, -0.05) is 12.1 Å². The van der Waals surface area contributed by atoms with Crippen LogP contribution in [0.1, 0.15) is 45.3 Å². The number of carbonyl (C=O) groups is 1. The maximum Gasteiger partial charge on any atom is 0.302 e. The highest BCUT2D eigenvalue weighted by Crippen LogP contribution is 2.43. The van der Waals surface area contributed by atoms with E-state index in [0.717, 1.165) is 0 Å². The van der Waals surface area contributed by atoms with Crippen LogP contribution in [0.4, 0.5) is 23.2 Å². The Hall–Kier alpha value is -3.69. The molecule has 0 atom stereocenters. The minimum absolute atomic E-state index is 0.152. The summed E-state index contributed by atoms with van der Waals surface area (Å²) in [7, 11) is 0. The van der Waals surface area contributed by atoms with Crippen molar-refractivity contribution in [3.63, 3.8) is 0 Å². The molecule has 4 aromatic rings. The normalized spacial score (nSPS) is 14.4. The van der Waals surface area contributed by atoms with Crippen molar-refractivity contribution in [2.75, 3.05) is 5.32 Å². The fourth-order valence-electron chi connectivity index (χ4n) is 4.86. The molecule has 1 aliphatic heterocycles. The molecule has 0 unspecified atom stereocenters. The summed E-state index contributed by atoms with van der Waals surface area (Å²) >= 11 is 0. The number of nitrogens with zero attached hydrogens (tertiary/aromatic N) is 4. The molecule has 188 valence electrons. The second-order valence-corrected chi connectivity index (χ2v) is 9.76. The molecule has 2 aromatic carbocycles. The molecule has 0 amide bonds. The third-order valence-corrected chi connectivity index (χ3v) is 6.62. The molecular formula is C26H25F4N5O. The minimum atomic E-state index is -3.36. The Labute approximate surface area is 204 Å². The molecule has 0 bridgehead atoms. The number of carbonyl (C=O) groups excluding carboxylic acids is 1. The van der Waals surface area contributed by atoms with Crippen LogP contribution in [-0.4, -0.2) is 31.0 Å². The fraction of sp³-hybridized carbons (Fsp3) is 0.346. The second-order valence-electron chi connectivity index (χ2n) is 9.76. The molecule has 0 aliphatic carbocycles. The molecule has 3 heterocycles. The van der Waals surface area contributed by atoms with Crippen molar-refractivity contribution >= 4 is 22.4 Å². The number of aryl methyl sites for hydroxylation is 2. The molecule has 0 radical (unpaired) electrons. The third kappa shape index (κ3) is 3.75. The van der Waals surface area contributed by atoms with E-state index in [9.17, 15) is 13.6 Å². The Bertz CT molecular complexity index is 1510. The highest BCUT2D eigenvalue weighted by atomic mass is 19.3. The molecule has 10 heteroatoms. The van der Waals surface area contributed by atoms with Crippen LogP contribution in [0.2, 0.25) is 0 Å². The van der Waals surface area contributed by atoms with Gasteiger partial charge in [-0.15, -0.1) is 10.2 Å². The Morgan fingerprint density at radius 2 is 1.92 bits per heavy atom. The number of ketones is 1. The van der Waals surface area contributed by atoms with Crippen LogP contribution in [0.5, 0.6) is 0 Å². The Balaban J connectivity index is 1.58. The van der Waals surface area contributed by atoms with E-state index in [1.165, 1.54) is 6.07 Å². The molecule has 1 N–H and O–H groups in total. The number of Topliss-reactive ketones (excluding diaryl/α,β-unsaturated/α-hetero) is 1. The molecule has 0 saturated heterocycles. The first-order chi connectivity index (χ1) is 16.9. The van der Waals surface area contributed by atoms with Gasteiger partial charge in [-0.25, -0.2) is 8.78 Å². The first-order valence-electron chi connectivity index (χ1n) is 11.6. The SMILES string of the molecule is Cc1nnc2n1-c1c(cc(F)c(-c3cccc4c3ccn4CCCC(=O)C(C)(F)F)c1F)NC2(C)C. The van der Waals surface area contributed by atoms with E-state index in [4.69, 9.17) is 0 Å². The van der Waals surface area contributed by atoms with Crippen LogP contribution in [0.3, 0.4) is 0 Å². The summed E-state index contributed by atoms with van der Waals surface area (Å²) in [5.41, 5.74) is 0.626. The van der Waals surface area contributed by atoms with Gasteiger partial charge in [0.25, 0.3) is 0 Å². The highest BCUT2D eigenvalue weighted by molar-refractivity contribution is 5.97. The van der Waals surface area contributed by atoms with Crippen molar-refractivity contribution in [2.45, 2.75) is 58.5 Å². The average molecular weight is 500 g/mol.